The number of likely N-dealkylation sites (tertiary alicyclic amines) is 1. The summed E-state index contributed by atoms with van der Waals surface area (Å²) in [4.78, 5) is 15.6. The Balaban J connectivity index is 1.43. The minimum absolute atomic E-state index is 0.0854. The molecule has 2 saturated carbocycles. The van der Waals surface area contributed by atoms with Gasteiger partial charge in [-0.15, -0.1) is 5.10 Å². The molecule has 0 bridgehead atoms. The molecular formula is C23H29ClN4O2. The van der Waals surface area contributed by atoms with Crippen LogP contribution < -0.4 is 0 Å². The van der Waals surface area contributed by atoms with Gasteiger partial charge in [-0.25, -0.2) is 4.68 Å². The average Bonchev–Trinajstić information content (AvgIpc) is 3.51. The van der Waals surface area contributed by atoms with Gasteiger partial charge in [0.2, 0.25) is 5.91 Å². The van der Waals surface area contributed by atoms with E-state index < -0.39 is 6.10 Å². The zero-order chi connectivity index (χ0) is 20.7. The van der Waals surface area contributed by atoms with Crippen molar-refractivity contribution in [3.8, 4) is 0 Å². The number of aliphatic hydroxyl groups excluding tert-OH is 1. The Bertz CT molecular complexity index is 889. The molecule has 2 aromatic rings. The van der Waals surface area contributed by atoms with Gasteiger partial charge in [-0.05, 0) is 43.4 Å². The van der Waals surface area contributed by atoms with Crippen LogP contribution >= 0.6 is 11.6 Å². The number of hydrogen-bond donors (Lipinski definition) is 1. The number of amides is 1. The van der Waals surface area contributed by atoms with Crippen LogP contribution in [-0.2, 0) is 4.79 Å². The molecule has 1 aliphatic heterocycles. The van der Waals surface area contributed by atoms with E-state index in [1.165, 1.54) is 6.42 Å². The van der Waals surface area contributed by atoms with E-state index in [2.05, 4.69) is 10.3 Å². The van der Waals surface area contributed by atoms with E-state index in [1.807, 2.05) is 35.4 Å². The minimum atomic E-state index is -0.588. The second kappa shape index (κ2) is 8.31. The molecule has 3 fully saturated rings. The van der Waals surface area contributed by atoms with Crippen molar-refractivity contribution >= 4 is 17.5 Å². The van der Waals surface area contributed by atoms with Crippen molar-refractivity contribution in [1.29, 1.82) is 0 Å². The number of hydrogen-bond acceptors (Lipinski definition) is 4. The summed E-state index contributed by atoms with van der Waals surface area (Å²) in [6.45, 7) is 0.456. The van der Waals surface area contributed by atoms with Crippen LogP contribution in [-0.4, -0.2) is 43.6 Å². The van der Waals surface area contributed by atoms with Crippen molar-refractivity contribution in [2.45, 2.75) is 75.5 Å². The van der Waals surface area contributed by atoms with E-state index in [-0.39, 0.29) is 23.9 Å². The summed E-state index contributed by atoms with van der Waals surface area (Å²) in [6, 6.07) is 7.26. The highest BCUT2D eigenvalue weighted by Gasteiger charge is 2.41. The zero-order valence-corrected chi connectivity index (χ0v) is 17.9. The van der Waals surface area contributed by atoms with Gasteiger partial charge in [0, 0.05) is 36.0 Å². The fraction of sp³-hybridized carbons (Fsp3) is 0.609. The van der Waals surface area contributed by atoms with Gasteiger partial charge < -0.3 is 10.0 Å². The molecular weight excluding hydrogens is 400 g/mol. The molecule has 160 valence electrons. The van der Waals surface area contributed by atoms with Crippen molar-refractivity contribution in [3.63, 3.8) is 0 Å². The molecule has 1 N–H and O–H groups in total. The SMILES string of the molecule is O=C(C1CCCCC1)N1C[C@H](n2cc(C3CC3)nn2)[C@@H](O)C[C@@H]1c1ccc(Cl)cc1. The highest BCUT2D eigenvalue weighted by atomic mass is 35.5. The summed E-state index contributed by atoms with van der Waals surface area (Å²) < 4.78 is 1.79. The van der Waals surface area contributed by atoms with E-state index in [0.717, 1.165) is 49.8 Å². The molecule has 6 nitrogen and oxygen atoms in total. The molecule has 2 aliphatic carbocycles. The third-order valence-corrected chi connectivity index (χ3v) is 7.28. The second-order valence-electron chi connectivity index (χ2n) is 9.16. The molecule has 0 unspecified atom stereocenters. The van der Waals surface area contributed by atoms with Gasteiger partial charge in [0.1, 0.15) is 0 Å². The van der Waals surface area contributed by atoms with Crippen molar-refractivity contribution in [2.24, 2.45) is 5.92 Å². The van der Waals surface area contributed by atoms with Gasteiger partial charge >= 0.3 is 0 Å². The third kappa shape index (κ3) is 4.00. The maximum Gasteiger partial charge on any atom is 0.226 e. The Labute approximate surface area is 182 Å². The first-order valence-electron chi connectivity index (χ1n) is 11.3. The molecule has 1 aromatic heterocycles. The number of aliphatic hydroxyl groups is 1. The maximum atomic E-state index is 13.6. The van der Waals surface area contributed by atoms with Crippen LogP contribution in [0.2, 0.25) is 5.02 Å². The van der Waals surface area contributed by atoms with Gasteiger partial charge in [-0.2, -0.15) is 0 Å². The molecule has 30 heavy (non-hydrogen) atoms. The van der Waals surface area contributed by atoms with Crippen LogP contribution in [0.3, 0.4) is 0 Å². The highest BCUT2D eigenvalue weighted by Crippen LogP contribution is 2.41. The quantitative estimate of drug-likeness (QED) is 0.789. The van der Waals surface area contributed by atoms with E-state index in [0.29, 0.717) is 23.9 Å². The Morgan fingerprint density at radius 3 is 2.50 bits per heavy atom. The Morgan fingerprint density at radius 1 is 1.07 bits per heavy atom. The number of benzene rings is 1. The standard InChI is InChI=1S/C23H29ClN4O2/c24-18-10-8-16(9-11-18)20-12-22(29)21(28-13-19(25-26-28)15-6-7-15)14-27(20)23(30)17-4-2-1-3-5-17/h8-11,13,15,17,20-22,29H,1-7,12,14H2/t20-,21+,22+/m1/s1. The Hall–Kier alpha value is -1.92. The molecule has 1 saturated heterocycles. The number of piperidine rings is 1. The third-order valence-electron chi connectivity index (χ3n) is 7.02. The molecule has 7 heteroatoms. The first-order chi connectivity index (χ1) is 14.6. The second-order valence-corrected chi connectivity index (χ2v) is 9.60. The summed E-state index contributed by atoms with van der Waals surface area (Å²) in [5, 5.41) is 20.3. The maximum absolute atomic E-state index is 13.6. The number of aromatic nitrogens is 3. The van der Waals surface area contributed by atoms with Crippen LogP contribution in [0.25, 0.3) is 0 Å². The monoisotopic (exact) mass is 428 g/mol. The zero-order valence-electron chi connectivity index (χ0n) is 17.2. The van der Waals surface area contributed by atoms with E-state index in [9.17, 15) is 9.90 Å². The van der Waals surface area contributed by atoms with E-state index in [4.69, 9.17) is 11.6 Å². The lowest BCUT2D eigenvalue weighted by Crippen LogP contribution is -2.50. The lowest BCUT2D eigenvalue weighted by molar-refractivity contribution is -0.144. The van der Waals surface area contributed by atoms with Crippen LogP contribution in [0.4, 0.5) is 0 Å². The smallest absolute Gasteiger partial charge is 0.226 e. The van der Waals surface area contributed by atoms with Gasteiger partial charge in [0.25, 0.3) is 0 Å². The molecule has 2 heterocycles. The predicted molar refractivity (Wildman–Crippen MR) is 114 cm³/mol. The number of carbonyl (C=O) groups excluding carboxylic acids is 1. The molecule has 0 radical (unpaired) electrons. The van der Waals surface area contributed by atoms with Crippen LogP contribution in [0.1, 0.15) is 80.6 Å². The number of nitrogens with zero attached hydrogens (tertiary/aromatic N) is 4. The van der Waals surface area contributed by atoms with Crippen molar-refractivity contribution in [3.05, 3.63) is 46.7 Å². The first-order valence-corrected chi connectivity index (χ1v) is 11.6. The largest absolute Gasteiger partial charge is 0.391 e. The summed E-state index contributed by atoms with van der Waals surface area (Å²) in [7, 11) is 0. The summed E-state index contributed by atoms with van der Waals surface area (Å²) in [5.41, 5.74) is 2.03. The van der Waals surface area contributed by atoms with Gasteiger partial charge in [-0.1, -0.05) is 48.2 Å². The molecule has 1 aromatic carbocycles. The fourth-order valence-corrected chi connectivity index (χ4v) is 5.20. The number of carbonyl (C=O) groups is 1. The van der Waals surface area contributed by atoms with Crippen LogP contribution in [0.5, 0.6) is 0 Å². The molecule has 1 amide bonds. The van der Waals surface area contributed by atoms with Gasteiger partial charge in [-0.3, -0.25) is 4.79 Å². The fourth-order valence-electron chi connectivity index (χ4n) is 5.07. The highest BCUT2D eigenvalue weighted by molar-refractivity contribution is 6.30. The number of rotatable bonds is 4. The van der Waals surface area contributed by atoms with Gasteiger partial charge in [0.15, 0.2) is 0 Å². The number of halogens is 1. The topological polar surface area (TPSA) is 71.2 Å². The van der Waals surface area contributed by atoms with Crippen LogP contribution in [0, 0.1) is 5.92 Å². The summed E-state index contributed by atoms with van der Waals surface area (Å²) >= 11 is 6.09. The summed E-state index contributed by atoms with van der Waals surface area (Å²) in [6.07, 6.45) is 9.58. The lowest BCUT2D eigenvalue weighted by atomic mass is 9.85. The molecule has 0 spiro atoms. The predicted octanol–water partition coefficient (Wildman–Crippen LogP) is 4.26. The van der Waals surface area contributed by atoms with Crippen molar-refractivity contribution in [2.75, 3.05) is 6.54 Å². The molecule has 3 aliphatic rings. The average molecular weight is 429 g/mol. The lowest BCUT2D eigenvalue weighted by Gasteiger charge is -2.44. The summed E-state index contributed by atoms with van der Waals surface area (Å²) in [5.74, 6) is 0.817. The first kappa shape index (κ1) is 20.0. The van der Waals surface area contributed by atoms with Gasteiger partial charge in [0.05, 0.1) is 23.9 Å². The molecule has 3 atom stereocenters. The van der Waals surface area contributed by atoms with Crippen molar-refractivity contribution < 1.29 is 9.90 Å². The molecule has 5 rings (SSSR count). The van der Waals surface area contributed by atoms with E-state index >= 15 is 0 Å². The van der Waals surface area contributed by atoms with Crippen molar-refractivity contribution in [1.82, 2.24) is 19.9 Å². The minimum Gasteiger partial charge on any atom is -0.391 e. The van der Waals surface area contributed by atoms with E-state index in [1.54, 1.807) is 4.68 Å². The Morgan fingerprint density at radius 2 is 1.80 bits per heavy atom. The Kier molecular flexibility index (Phi) is 5.54. The van der Waals surface area contributed by atoms with Crippen LogP contribution in [0.15, 0.2) is 30.5 Å². The normalized spacial score (nSPS) is 27.9.